The zero-order valence-electron chi connectivity index (χ0n) is 13.0. The van der Waals surface area contributed by atoms with Crippen molar-refractivity contribution in [2.75, 3.05) is 31.6 Å². The smallest absolute Gasteiger partial charge is 0.269 e. The maximum Gasteiger partial charge on any atom is 0.269 e. The van der Waals surface area contributed by atoms with Gasteiger partial charge in [0.1, 0.15) is 6.54 Å². The highest BCUT2D eigenvalue weighted by Crippen LogP contribution is 2.05. The van der Waals surface area contributed by atoms with Crippen molar-refractivity contribution in [3.8, 4) is 0 Å². The van der Waals surface area contributed by atoms with Crippen LogP contribution in [0.3, 0.4) is 0 Å². The fraction of sp³-hybridized carbons (Fsp3) is 0.643. The van der Waals surface area contributed by atoms with E-state index in [1.165, 1.54) is 6.07 Å². The highest BCUT2D eigenvalue weighted by atomic mass is 16.2. The van der Waals surface area contributed by atoms with Crippen molar-refractivity contribution in [2.45, 2.75) is 26.8 Å². The number of likely N-dealkylation sites (N-methyl/N-ethyl adjacent to an activating group) is 1. The number of anilines is 1. The molecule has 0 saturated carbocycles. The fourth-order valence-electron chi connectivity index (χ4n) is 1.77. The topological polar surface area (TPSA) is 93.2 Å². The highest BCUT2D eigenvalue weighted by Gasteiger charge is 2.08. The lowest BCUT2D eigenvalue weighted by Crippen LogP contribution is -2.35. The SMILES string of the molecule is CC(C)CCNC(=O)Cn1ncc(N(C)CCN)cc1=O. The molecule has 3 N–H and O–H groups in total. The molecule has 0 aliphatic heterocycles. The summed E-state index contributed by atoms with van der Waals surface area (Å²) < 4.78 is 1.16. The summed E-state index contributed by atoms with van der Waals surface area (Å²) in [7, 11) is 1.84. The van der Waals surface area contributed by atoms with Crippen LogP contribution in [0.2, 0.25) is 0 Å². The van der Waals surface area contributed by atoms with Crippen LogP contribution in [0.1, 0.15) is 20.3 Å². The lowest BCUT2D eigenvalue weighted by atomic mass is 10.1. The van der Waals surface area contributed by atoms with Crippen molar-refractivity contribution in [2.24, 2.45) is 11.7 Å². The quantitative estimate of drug-likeness (QED) is 0.693. The Kier molecular flexibility index (Phi) is 6.87. The van der Waals surface area contributed by atoms with Gasteiger partial charge in [0, 0.05) is 32.7 Å². The second-order valence-electron chi connectivity index (χ2n) is 5.45. The minimum atomic E-state index is -0.296. The first-order chi connectivity index (χ1) is 9.93. The molecule has 7 nitrogen and oxygen atoms in total. The van der Waals surface area contributed by atoms with Crippen LogP contribution >= 0.6 is 0 Å². The van der Waals surface area contributed by atoms with Crippen LogP contribution in [0.5, 0.6) is 0 Å². The van der Waals surface area contributed by atoms with Crippen LogP contribution in [-0.4, -0.2) is 42.4 Å². The first-order valence-corrected chi connectivity index (χ1v) is 7.19. The van der Waals surface area contributed by atoms with E-state index in [4.69, 9.17) is 5.73 Å². The second kappa shape index (κ2) is 8.41. The standard InChI is InChI=1S/C14H25N5O2/c1-11(2)4-6-16-13(20)10-19-14(21)8-12(9-17-19)18(3)7-5-15/h8-9,11H,4-7,10,15H2,1-3H3,(H,16,20). The highest BCUT2D eigenvalue weighted by molar-refractivity contribution is 5.75. The molecule has 0 atom stereocenters. The van der Waals surface area contributed by atoms with Gasteiger partial charge in [-0.15, -0.1) is 0 Å². The van der Waals surface area contributed by atoms with Gasteiger partial charge >= 0.3 is 0 Å². The third kappa shape index (κ3) is 5.95. The van der Waals surface area contributed by atoms with Gasteiger partial charge in [0.2, 0.25) is 5.91 Å². The molecule has 1 rings (SSSR count). The molecule has 0 aliphatic rings. The predicted octanol–water partition coefficient (Wildman–Crippen LogP) is -0.199. The number of hydrogen-bond acceptors (Lipinski definition) is 5. The lowest BCUT2D eigenvalue weighted by Gasteiger charge is -2.17. The van der Waals surface area contributed by atoms with Gasteiger partial charge in [-0.1, -0.05) is 13.8 Å². The number of nitrogens with one attached hydrogen (secondary N) is 1. The average Bonchev–Trinajstić information content (AvgIpc) is 2.41. The van der Waals surface area contributed by atoms with Gasteiger partial charge in [-0.2, -0.15) is 5.10 Å². The summed E-state index contributed by atoms with van der Waals surface area (Å²) in [6.07, 6.45) is 2.48. The zero-order valence-corrected chi connectivity index (χ0v) is 13.0. The van der Waals surface area contributed by atoms with E-state index in [1.807, 2.05) is 11.9 Å². The van der Waals surface area contributed by atoms with Crippen LogP contribution < -0.4 is 21.5 Å². The maximum absolute atomic E-state index is 11.9. The Hall–Kier alpha value is -1.89. The Labute approximate surface area is 125 Å². The lowest BCUT2D eigenvalue weighted by molar-refractivity contribution is -0.121. The molecule has 0 bridgehead atoms. The number of nitrogens with two attached hydrogens (primary N) is 1. The molecule has 0 radical (unpaired) electrons. The predicted molar refractivity (Wildman–Crippen MR) is 83.3 cm³/mol. The van der Waals surface area contributed by atoms with Gasteiger partial charge in [-0.25, -0.2) is 4.68 Å². The Morgan fingerprint density at radius 2 is 2.24 bits per heavy atom. The molecular weight excluding hydrogens is 270 g/mol. The van der Waals surface area contributed by atoms with E-state index < -0.39 is 0 Å². The molecule has 0 aliphatic carbocycles. The van der Waals surface area contributed by atoms with Crippen molar-refractivity contribution in [1.29, 1.82) is 0 Å². The van der Waals surface area contributed by atoms with Crippen molar-refractivity contribution in [1.82, 2.24) is 15.1 Å². The molecule has 0 unspecified atom stereocenters. The van der Waals surface area contributed by atoms with Crippen LogP contribution in [0.4, 0.5) is 5.69 Å². The van der Waals surface area contributed by atoms with E-state index >= 15 is 0 Å². The summed E-state index contributed by atoms with van der Waals surface area (Å²) >= 11 is 0. The molecular formula is C14H25N5O2. The van der Waals surface area contributed by atoms with E-state index in [-0.39, 0.29) is 18.0 Å². The number of nitrogens with zero attached hydrogens (tertiary/aromatic N) is 3. The summed E-state index contributed by atoms with van der Waals surface area (Å²) in [5, 5.41) is 6.81. The third-order valence-corrected chi connectivity index (χ3v) is 3.10. The molecule has 7 heteroatoms. The normalized spacial score (nSPS) is 10.7. The van der Waals surface area contributed by atoms with Crippen LogP contribution in [0.25, 0.3) is 0 Å². The molecule has 1 heterocycles. The molecule has 0 saturated heterocycles. The van der Waals surface area contributed by atoms with Gasteiger partial charge in [0.05, 0.1) is 11.9 Å². The number of carbonyl (C=O) groups is 1. The summed E-state index contributed by atoms with van der Waals surface area (Å²) in [5.41, 5.74) is 5.87. The number of rotatable bonds is 8. The van der Waals surface area contributed by atoms with Gasteiger partial charge in [-0.05, 0) is 12.3 Å². The van der Waals surface area contributed by atoms with Crippen molar-refractivity contribution < 1.29 is 4.79 Å². The van der Waals surface area contributed by atoms with Crippen molar-refractivity contribution in [3.63, 3.8) is 0 Å². The molecule has 0 aromatic carbocycles. The zero-order chi connectivity index (χ0) is 15.8. The van der Waals surface area contributed by atoms with E-state index in [9.17, 15) is 9.59 Å². The number of carbonyl (C=O) groups excluding carboxylic acids is 1. The number of amides is 1. The Morgan fingerprint density at radius 3 is 2.81 bits per heavy atom. The van der Waals surface area contributed by atoms with Gasteiger partial charge < -0.3 is 16.0 Å². The first-order valence-electron chi connectivity index (χ1n) is 7.19. The summed E-state index contributed by atoms with van der Waals surface area (Å²) in [5.74, 6) is 0.330. The van der Waals surface area contributed by atoms with Crippen LogP contribution in [-0.2, 0) is 11.3 Å². The monoisotopic (exact) mass is 295 g/mol. The Morgan fingerprint density at radius 1 is 1.52 bits per heavy atom. The second-order valence-corrected chi connectivity index (χ2v) is 5.45. The third-order valence-electron chi connectivity index (χ3n) is 3.10. The van der Waals surface area contributed by atoms with Gasteiger partial charge in [0.15, 0.2) is 0 Å². The molecule has 1 aromatic heterocycles. The molecule has 118 valence electrons. The molecule has 0 fully saturated rings. The maximum atomic E-state index is 11.9. The van der Waals surface area contributed by atoms with E-state index in [2.05, 4.69) is 24.3 Å². The average molecular weight is 295 g/mol. The van der Waals surface area contributed by atoms with E-state index in [1.54, 1.807) is 6.20 Å². The molecule has 21 heavy (non-hydrogen) atoms. The summed E-state index contributed by atoms with van der Waals surface area (Å²) in [6, 6.07) is 1.46. The minimum Gasteiger partial charge on any atom is -0.372 e. The van der Waals surface area contributed by atoms with Gasteiger partial charge in [0.25, 0.3) is 5.56 Å². The Balaban J connectivity index is 2.60. The number of hydrogen-bond donors (Lipinski definition) is 2. The van der Waals surface area contributed by atoms with Crippen molar-refractivity contribution in [3.05, 3.63) is 22.6 Å². The summed E-state index contributed by atoms with van der Waals surface area (Å²) in [4.78, 5) is 25.5. The fourth-order valence-corrected chi connectivity index (χ4v) is 1.77. The van der Waals surface area contributed by atoms with Gasteiger partial charge in [-0.3, -0.25) is 9.59 Å². The largest absolute Gasteiger partial charge is 0.372 e. The van der Waals surface area contributed by atoms with Crippen molar-refractivity contribution >= 4 is 11.6 Å². The Bertz CT molecular complexity index is 512. The van der Waals surface area contributed by atoms with Crippen LogP contribution in [0, 0.1) is 5.92 Å². The molecule has 1 amide bonds. The summed E-state index contributed by atoms with van der Waals surface area (Å²) in [6.45, 7) is 5.88. The van der Waals surface area contributed by atoms with E-state index in [0.29, 0.717) is 31.2 Å². The first kappa shape index (κ1) is 17.2. The van der Waals surface area contributed by atoms with E-state index in [0.717, 1.165) is 11.1 Å². The molecule has 1 aromatic rings. The number of aromatic nitrogens is 2. The van der Waals surface area contributed by atoms with Crippen LogP contribution in [0.15, 0.2) is 17.1 Å². The molecule has 0 spiro atoms. The minimum absolute atomic E-state index is 0.0577.